The number of carbonyl (C=O) groups is 1. The summed E-state index contributed by atoms with van der Waals surface area (Å²) in [6, 6.07) is 13.2. The van der Waals surface area contributed by atoms with Gasteiger partial charge in [0.05, 0.1) is 6.61 Å². The van der Waals surface area contributed by atoms with Gasteiger partial charge in [-0.05, 0) is 61.6 Å². The number of amides is 1. The quantitative estimate of drug-likeness (QED) is 0.597. The van der Waals surface area contributed by atoms with Gasteiger partial charge in [0, 0.05) is 11.3 Å². The first-order chi connectivity index (χ1) is 10.6. The van der Waals surface area contributed by atoms with Crippen molar-refractivity contribution in [2.45, 2.75) is 6.92 Å². The first-order valence-corrected chi connectivity index (χ1v) is 7.13. The van der Waals surface area contributed by atoms with E-state index < -0.39 is 0 Å². The number of carbonyl (C=O) groups excluding carboxylic acids is 1. The van der Waals surface area contributed by atoms with Crippen molar-refractivity contribution in [2.24, 2.45) is 0 Å². The molecule has 0 saturated carbocycles. The average molecular weight is 316 g/mol. The van der Waals surface area contributed by atoms with Crippen molar-refractivity contribution in [2.75, 3.05) is 11.9 Å². The highest BCUT2D eigenvalue weighted by molar-refractivity contribution is 7.80. The van der Waals surface area contributed by atoms with Crippen molar-refractivity contribution in [3.05, 3.63) is 54.1 Å². The SMILES string of the molecule is CCOc1cccc(C(=O)NC(=S)Nc2ccc(O)cc2)c1. The lowest BCUT2D eigenvalue weighted by atomic mass is 10.2. The Balaban J connectivity index is 1.97. The average Bonchev–Trinajstić information content (AvgIpc) is 2.50. The second-order valence-corrected chi connectivity index (χ2v) is 4.82. The van der Waals surface area contributed by atoms with Crippen molar-refractivity contribution < 1.29 is 14.6 Å². The molecule has 0 aromatic heterocycles. The smallest absolute Gasteiger partial charge is 0.257 e. The van der Waals surface area contributed by atoms with Crippen LogP contribution >= 0.6 is 12.2 Å². The highest BCUT2D eigenvalue weighted by Crippen LogP contribution is 2.14. The van der Waals surface area contributed by atoms with Crippen LogP contribution in [0, 0.1) is 0 Å². The summed E-state index contributed by atoms with van der Waals surface area (Å²) in [5.74, 6) is 0.471. The van der Waals surface area contributed by atoms with E-state index in [1.165, 1.54) is 12.1 Å². The first-order valence-electron chi connectivity index (χ1n) is 6.72. The van der Waals surface area contributed by atoms with Gasteiger partial charge in [0.2, 0.25) is 0 Å². The number of phenolic OH excluding ortho intramolecular Hbond substituents is 1. The van der Waals surface area contributed by atoms with Gasteiger partial charge in [-0.25, -0.2) is 0 Å². The van der Waals surface area contributed by atoms with E-state index in [9.17, 15) is 9.90 Å². The molecular formula is C16H16N2O3S. The van der Waals surface area contributed by atoms with E-state index in [0.29, 0.717) is 23.6 Å². The lowest BCUT2D eigenvalue weighted by Gasteiger charge is -2.10. The van der Waals surface area contributed by atoms with Crippen LogP contribution in [-0.2, 0) is 0 Å². The maximum atomic E-state index is 12.1. The van der Waals surface area contributed by atoms with Crippen LogP contribution in [0.15, 0.2) is 48.5 Å². The van der Waals surface area contributed by atoms with Gasteiger partial charge >= 0.3 is 0 Å². The van der Waals surface area contributed by atoms with Gasteiger partial charge in [0.15, 0.2) is 5.11 Å². The number of phenols is 1. The lowest BCUT2D eigenvalue weighted by Crippen LogP contribution is -2.34. The molecule has 2 rings (SSSR count). The molecule has 0 fully saturated rings. The Bertz CT molecular complexity index is 671. The van der Waals surface area contributed by atoms with Crippen LogP contribution in [0.4, 0.5) is 5.69 Å². The molecule has 0 saturated heterocycles. The minimum Gasteiger partial charge on any atom is -0.508 e. The number of thiocarbonyl (C=S) groups is 1. The molecule has 0 atom stereocenters. The van der Waals surface area contributed by atoms with E-state index in [2.05, 4.69) is 10.6 Å². The highest BCUT2D eigenvalue weighted by Gasteiger charge is 2.09. The Morgan fingerprint density at radius 3 is 2.64 bits per heavy atom. The van der Waals surface area contributed by atoms with Gasteiger partial charge in [0.1, 0.15) is 11.5 Å². The maximum Gasteiger partial charge on any atom is 0.257 e. The second kappa shape index (κ2) is 7.42. The first kappa shape index (κ1) is 15.8. The molecule has 3 N–H and O–H groups in total. The summed E-state index contributed by atoms with van der Waals surface area (Å²) in [6.07, 6.45) is 0. The molecule has 0 unspecified atom stereocenters. The standard InChI is InChI=1S/C16H16N2O3S/c1-2-21-14-5-3-4-11(10-14)15(20)18-16(22)17-12-6-8-13(19)9-7-12/h3-10,19H,2H2,1H3,(H2,17,18,20,22). The van der Waals surface area contributed by atoms with Crippen molar-refractivity contribution in [3.8, 4) is 11.5 Å². The van der Waals surface area contributed by atoms with E-state index in [-0.39, 0.29) is 16.8 Å². The Hall–Kier alpha value is -2.60. The van der Waals surface area contributed by atoms with Crippen LogP contribution in [0.5, 0.6) is 11.5 Å². The third kappa shape index (κ3) is 4.46. The molecule has 2 aromatic carbocycles. The molecule has 0 spiro atoms. The van der Waals surface area contributed by atoms with Crippen LogP contribution < -0.4 is 15.4 Å². The van der Waals surface area contributed by atoms with Gasteiger partial charge in [-0.2, -0.15) is 0 Å². The van der Waals surface area contributed by atoms with Crippen LogP contribution in [0.2, 0.25) is 0 Å². The van der Waals surface area contributed by atoms with Gasteiger partial charge in [-0.15, -0.1) is 0 Å². The molecular weight excluding hydrogens is 300 g/mol. The topological polar surface area (TPSA) is 70.6 Å². The highest BCUT2D eigenvalue weighted by atomic mass is 32.1. The van der Waals surface area contributed by atoms with Crippen LogP contribution in [0.25, 0.3) is 0 Å². The monoisotopic (exact) mass is 316 g/mol. The normalized spacial score (nSPS) is 9.86. The summed E-state index contributed by atoms with van der Waals surface area (Å²) in [4.78, 5) is 12.1. The zero-order valence-corrected chi connectivity index (χ0v) is 12.8. The molecule has 6 heteroatoms. The zero-order valence-electron chi connectivity index (χ0n) is 12.0. The van der Waals surface area contributed by atoms with E-state index >= 15 is 0 Å². The predicted molar refractivity (Wildman–Crippen MR) is 89.4 cm³/mol. The van der Waals surface area contributed by atoms with E-state index in [1.54, 1.807) is 36.4 Å². The number of ether oxygens (including phenoxy) is 1. The predicted octanol–water partition coefficient (Wildman–Crippen LogP) is 2.92. The minimum atomic E-state index is -0.321. The summed E-state index contributed by atoms with van der Waals surface area (Å²) in [5.41, 5.74) is 1.13. The Labute approximate surface area is 133 Å². The Morgan fingerprint density at radius 1 is 1.23 bits per heavy atom. The van der Waals surface area contributed by atoms with Gasteiger partial charge < -0.3 is 15.2 Å². The summed E-state index contributed by atoms with van der Waals surface area (Å²) in [7, 11) is 0. The van der Waals surface area contributed by atoms with E-state index in [4.69, 9.17) is 17.0 Å². The number of benzene rings is 2. The molecule has 2 aromatic rings. The van der Waals surface area contributed by atoms with E-state index in [0.717, 1.165) is 0 Å². The molecule has 5 nitrogen and oxygen atoms in total. The van der Waals surface area contributed by atoms with E-state index in [1.807, 2.05) is 6.92 Å². The van der Waals surface area contributed by atoms with Crippen molar-refractivity contribution in [1.29, 1.82) is 0 Å². The van der Waals surface area contributed by atoms with Crippen molar-refractivity contribution >= 4 is 28.9 Å². The fourth-order valence-corrected chi connectivity index (χ4v) is 1.99. The van der Waals surface area contributed by atoms with Crippen molar-refractivity contribution in [3.63, 3.8) is 0 Å². The number of anilines is 1. The molecule has 0 aliphatic heterocycles. The molecule has 0 bridgehead atoms. The van der Waals surface area contributed by atoms with Crippen LogP contribution in [0.1, 0.15) is 17.3 Å². The number of hydrogen-bond acceptors (Lipinski definition) is 4. The molecule has 1 amide bonds. The third-order valence-electron chi connectivity index (χ3n) is 2.76. The van der Waals surface area contributed by atoms with Gasteiger partial charge in [0.25, 0.3) is 5.91 Å². The fraction of sp³-hybridized carbons (Fsp3) is 0.125. The van der Waals surface area contributed by atoms with Gasteiger partial charge in [-0.1, -0.05) is 6.07 Å². The molecule has 0 radical (unpaired) electrons. The number of aromatic hydroxyl groups is 1. The minimum absolute atomic E-state index is 0.160. The second-order valence-electron chi connectivity index (χ2n) is 4.42. The summed E-state index contributed by atoms with van der Waals surface area (Å²) in [6.45, 7) is 2.41. The Morgan fingerprint density at radius 2 is 1.95 bits per heavy atom. The molecule has 22 heavy (non-hydrogen) atoms. The number of nitrogens with one attached hydrogen (secondary N) is 2. The summed E-state index contributed by atoms with van der Waals surface area (Å²) < 4.78 is 5.36. The largest absolute Gasteiger partial charge is 0.508 e. The summed E-state index contributed by atoms with van der Waals surface area (Å²) >= 11 is 5.09. The zero-order chi connectivity index (χ0) is 15.9. The van der Waals surface area contributed by atoms with Crippen molar-refractivity contribution in [1.82, 2.24) is 5.32 Å². The molecule has 0 aliphatic carbocycles. The lowest BCUT2D eigenvalue weighted by molar-refractivity contribution is 0.0977. The number of hydrogen-bond donors (Lipinski definition) is 3. The number of rotatable bonds is 4. The fourth-order valence-electron chi connectivity index (χ4n) is 1.78. The third-order valence-corrected chi connectivity index (χ3v) is 2.96. The van der Waals surface area contributed by atoms with Crippen LogP contribution in [-0.4, -0.2) is 22.7 Å². The molecule has 0 heterocycles. The Kier molecular flexibility index (Phi) is 5.32. The summed E-state index contributed by atoms with van der Waals surface area (Å²) in [5, 5.41) is 14.8. The molecule has 114 valence electrons. The van der Waals surface area contributed by atoms with Crippen LogP contribution in [0.3, 0.4) is 0 Å². The van der Waals surface area contributed by atoms with Gasteiger partial charge in [-0.3, -0.25) is 10.1 Å². The molecule has 0 aliphatic rings. The maximum absolute atomic E-state index is 12.1.